The van der Waals surface area contributed by atoms with Crippen molar-refractivity contribution in [1.29, 1.82) is 0 Å². The molecule has 0 aliphatic carbocycles. The van der Waals surface area contributed by atoms with Crippen molar-refractivity contribution in [2.24, 2.45) is 0 Å². The van der Waals surface area contributed by atoms with Gasteiger partial charge in [-0.05, 0) is 73.7 Å². The molecule has 2 aromatic rings. The second-order valence-electron chi connectivity index (χ2n) is 11.7. The monoisotopic (exact) mass is 478 g/mol. The summed E-state index contributed by atoms with van der Waals surface area (Å²) in [5.74, 6) is 0.142. The number of amides is 1. The summed E-state index contributed by atoms with van der Waals surface area (Å²) in [5, 5.41) is 0.167. The molecule has 34 heavy (non-hydrogen) atoms. The molecule has 184 valence electrons. The highest BCUT2D eigenvalue weighted by atomic mass is 28.4. The largest absolute Gasteiger partial charge is 0.412 e. The lowest BCUT2D eigenvalue weighted by Crippen LogP contribution is -2.45. The Balaban J connectivity index is 1.51. The van der Waals surface area contributed by atoms with Gasteiger partial charge in [0.05, 0.1) is 6.10 Å². The quantitative estimate of drug-likeness (QED) is 0.448. The van der Waals surface area contributed by atoms with Crippen LogP contribution in [0.5, 0.6) is 0 Å². The first kappa shape index (κ1) is 25.1. The summed E-state index contributed by atoms with van der Waals surface area (Å²) in [7, 11) is -1.89. The number of nitrogens with zero attached hydrogens (tertiary/aromatic N) is 2. The van der Waals surface area contributed by atoms with Crippen LogP contribution in [0, 0.1) is 0 Å². The molecule has 1 amide bonds. The molecule has 5 heteroatoms. The van der Waals surface area contributed by atoms with Crippen molar-refractivity contribution < 1.29 is 9.22 Å². The van der Waals surface area contributed by atoms with Gasteiger partial charge < -0.3 is 14.2 Å². The van der Waals surface area contributed by atoms with Gasteiger partial charge in [0.25, 0.3) is 5.91 Å². The standard InChI is InChI=1S/C29H42N2O2Si/c1-29(2,3)34(4,5)33-27-20-26(21-30-18-10-7-11-19-30)31(22-27)28(32)25-16-14-24(15-17-25)23-12-8-6-9-13-23/h6,8-9,12-17,26-27H,7,10-11,18-22H2,1-5H3. The van der Waals surface area contributed by atoms with Crippen LogP contribution in [0.3, 0.4) is 0 Å². The van der Waals surface area contributed by atoms with Crippen molar-refractivity contribution in [3.63, 3.8) is 0 Å². The van der Waals surface area contributed by atoms with E-state index in [0.29, 0.717) is 6.54 Å². The van der Waals surface area contributed by atoms with E-state index >= 15 is 0 Å². The molecule has 2 aliphatic rings. The summed E-state index contributed by atoms with van der Waals surface area (Å²) in [4.78, 5) is 18.4. The first-order valence-corrected chi connectivity index (χ1v) is 15.9. The summed E-state index contributed by atoms with van der Waals surface area (Å²) in [5.41, 5.74) is 3.09. The third kappa shape index (κ3) is 5.81. The Hall–Kier alpha value is -1.95. The Morgan fingerprint density at radius 2 is 1.56 bits per heavy atom. The van der Waals surface area contributed by atoms with Gasteiger partial charge in [-0.1, -0.05) is 69.7 Å². The molecular weight excluding hydrogens is 436 g/mol. The van der Waals surface area contributed by atoms with Gasteiger partial charge in [-0.3, -0.25) is 4.79 Å². The summed E-state index contributed by atoms with van der Waals surface area (Å²) in [6, 6.07) is 18.7. The molecule has 0 radical (unpaired) electrons. The van der Waals surface area contributed by atoms with E-state index in [0.717, 1.165) is 37.2 Å². The molecule has 0 aromatic heterocycles. The predicted molar refractivity (Wildman–Crippen MR) is 144 cm³/mol. The number of piperidine rings is 1. The molecule has 2 saturated heterocycles. The van der Waals surface area contributed by atoms with Crippen molar-refractivity contribution in [3.05, 3.63) is 60.2 Å². The molecule has 2 aliphatic heterocycles. The average molecular weight is 479 g/mol. The maximum Gasteiger partial charge on any atom is 0.254 e. The fraction of sp³-hybridized carbons (Fsp3) is 0.552. The van der Waals surface area contributed by atoms with Crippen molar-refractivity contribution >= 4 is 14.2 Å². The highest BCUT2D eigenvalue weighted by Crippen LogP contribution is 2.39. The zero-order valence-electron chi connectivity index (χ0n) is 21.7. The van der Waals surface area contributed by atoms with Crippen LogP contribution in [0.1, 0.15) is 56.8 Å². The van der Waals surface area contributed by atoms with E-state index in [1.54, 1.807) is 0 Å². The molecule has 2 aromatic carbocycles. The Kier molecular flexibility index (Phi) is 7.65. The van der Waals surface area contributed by atoms with E-state index in [1.807, 2.05) is 30.3 Å². The normalized spacial score (nSPS) is 22.2. The average Bonchev–Trinajstić information content (AvgIpc) is 3.20. The van der Waals surface area contributed by atoms with E-state index in [2.05, 4.69) is 67.9 Å². The number of benzene rings is 2. The molecule has 2 heterocycles. The van der Waals surface area contributed by atoms with Crippen LogP contribution in [0.4, 0.5) is 0 Å². The van der Waals surface area contributed by atoms with E-state index < -0.39 is 8.32 Å². The minimum atomic E-state index is -1.89. The van der Waals surface area contributed by atoms with Crippen molar-refractivity contribution in [2.45, 2.75) is 76.7 Å². The zero-order valence-corrected chi connectivity index (χ0v) is 22.7. The van der Waals surface area contributed by atoms with Gasteiger partial charge in [-0.2, -0.15) is 0 Å². The lowest BCUT2D eigenvalue weighted by molar-refractivity contribution is 0.0678. The molecule has 0 N–H and O–H groups in total. The van der Waals surface area contributed by atoms with Gasteiger partial charge in [0.2, 0.25) is 0 Å². The molecular formula is C29H42N2O2Si. The fourth-order valence-corrected chi connectivity index (χ4v) is 6.37. The van der Waals surface area contributed by atoms with Gasteiger partial charge in [-0.15, -0.1) is 0 Å². The summed E-state index contributed by atoms with van der Waals surface area (Å²) in [6.45, 7) is 15.5. The van der Waals surface area contributed by atoms with Crippen LogP contribution in [-0.4, -0.2) is 62.3 Å². The van der Waals surface area contributed by atoms with Gasteiger partial charge in [0.1, 0.15) is 0 Å². The molecule has 2 fully saturated rings. The third-order valence-electron chi connectivity index (χ3n) is 8.06. The summed E-state index contributed by atoms with van der Waals surface area (Å²) in [6.07, 6.45) is 4.94. The van der Waals surface area contributed by atoms with Gasteiger partial charge in [0.15, 0.2) is 8.32 Å². The number of likely N-dealkylation sites (tertiary alicyclic amines) is 2. The van der Waals surface area contributed by atoms with Crippen LogP contribution in [0.15, 0.2) is 54.6 Å². The van der Waals surface area contributed by atoms with Gasteiger partial charge in [0, 0.05) is 24.7 Å². The number of hydrogen-bond donors (Lipinski definition) is 0. The zero-order chi connectivity index (χ0) is 24.3. The molecule has 2 unspecified atom stereocenters. The van der Waals surface area contributed by atoms with E-state index in [9.17, 15) is 4.79 Å². The molecule has 0 spiro atoms. The summed E-state index contributed by atoms with van der Waals surface area (Å²) < 4.78 is 6.80. The molecule has 4 nitrogen and oxygen atoms in total. The van der Waals surface area contributed by atoms with Crippen LogP contribution >= 0.6 is 0 Å². The Labute approximate surface area is 207 Å². The molecule has 0 saturated carbocycles. The highest BCUT2D eigenvalue weighted by molar-refractivity contribution is 6.74. The predicted octanol–water partition coefficient (Wildman–Crippen LogP) is 6.44. The molecule has 0 bridgehead atoms. The first-order valence-electron chi connectivity index (χ1n) is 13.0. The number of carbonyl (C=O) groups excluding carboxylic acids is 1. The van der Waals surface area contributed by atoms with Crippen LogP contribution < -0.4 is 0 Å². The number of rotatable bonds is 6. The highest BCUT2D eigenvalue weighted by Gasteiger charge is 2.44. The maximum atomic E-state index is 13.7. The minimum Gasteiger partial charge on any atom is -0.412 e. The third-order valence-corrected chi connectivity index (χ3v) is 12.6. The van der Waals surface area contributed by atoms with Gasteiger partial charge >= 0.3 is 0 Å². The van der Waals surface area contributed by atoms with E-state index in [-0.39, 0.29) is 23.1 Å². The maximum absolute atomic E-state index is 13.7. The SMILES string of the molecule is CC(C)(C)[Si](C)(C)OC1CC(CN2CCCCC2)N(C(=O)c2ccc(-c3ccccc3)cc2)C1. The van der Waals surface area contributed by atoms with Crippen molar-refractivity contribution in [3.8, 4) is 11.1 Å². The molecule has 2 atom stereocenters. The lowest BCUT2D eigenvalue weighted by atomic mass is 10.0. The second-order valence-corrected chi connectivity index (χ2v) is 16.4. The van der Waals surface area contributed by atoms with E-state index in [4.69, 9.17) is 4.43 Å². The smallest absolute Gasteiger partial charge is 0.254 e. The van der Waals surface area contributed by atoms with Crippen LogP contribution in [-0.2, 0) is 4.43 Å². The van der Waals surface area contributed by atoms with Crippen molar-refractivity contribution in [2.75, 3.05) is 26.2 Å². The lowest BCUT2D eigenvalue weighted by Gasteiger charge is -2.38. The summed E-state index contributed by atoms with van der Waals surface area (Å²) >= 11 is 0. The molecule has 4 rings (SSSR count). The van der Waals surface area contributed by atoms with E-state index in [1.165, 1.54) is 24.8 Å². The first-order chi connectivity index (χ1) is 16.1. The van der Waals surface area contributed by atoms with Crippen LogP contribution in [0.25, 0.3) is 11.1 Å². The Morgan fingerprint density at radius 1 is 0.941 bits per heavy atom. The second kappa shape index (κ2) is 10.3. The Morgan fingerprint density at radius 3 is 2.18 bits per heavy atom. The van der Waals surface area contributed by atoms with Crippen molar-refractivity contribution in [1.82, 2.24) is 9.80 Å². The van der Waals surface area contributed by atoms with Crippen LogP contribution in [0.2, 0.25) is 18.1 Å². The Bertz CT molecular complexity index is 946. The number of carbonyl (C=O) groups is 1. The minimum absolute atomic E-state index is 0.128. The topological polar surface area (TPSA) is 32.8 Å². The van der Waals surface area contributed by atoms with Gasteiger partial charge in [-0.25, -0.2) is 0 Å². The number of hydrogen-bond acceptors (Lipinski definition) is 3. The fourth-order valence-electron chi connectivity index (χ4n) is 5.02.